The van der Waals surface area contributed by atoms with Crippen LogP contribution in [-0.2, 0) is 0 Å². The average Bonchev–Trinajstić information content (AvgIpc) is 2.11. The van der Waals surface area contributed by atoms with Gasteiger partial charge in [0.05, 0.1) is 11.4 Å². The fourth-order valence-electron chi connectivity index (χ4n) is 1.16. The minimum absolute atomic E-state index is 0.229. The summed E-state index contributed by atoms with van der Waals surface area (Å²) < 4.78 is 0. The molecule has 0 aliphatic heterocycles. The van der Waals surface area contributed by atoms with E-state index in [1.165, 1.54) is 0 Å². The van der Waals surface area contributed by atoms with E-state index in [1.54, 1.807) is 0 Å². The first-order chi connectivity index (χ1) is 6.52. The molecule has 0 atom stereocenters. The van der Waals surface area contributed by atoms with E-state index in [0.717, 1.165) is 11.4 Å². The highest BCUT2D eigenvalue weighted by Crippen LogP contribution is 2.09. The second-order valence-corrected chi connectivity index (χ2v) is 3.99. The number of oxime groups is 2. The van der Waals surface area contributed by atoms with Crippen molar-refractivity contribution >= 4 is 11.4 Å². The molecule has 0 aromatic rings. The SMILES string of the molecule is CC(C)C(CCC(=NO)C(C)C)=NO. The number of hydrogen-bond acceptors (Lipinski definition) is 4. The maximum Gasteiger partial charge on any atom is 0.0599 e. The van der Waals surface area contributed by atoms with E-state index in [9.17, 15) is 0 Å². The van der Waals surface area contributed by atoms with Gasteiger partial charge in [-0.1, -0.05) is 38.0 Å². The van der Waals surface area contributed by atoms with Crippen molar-refractivity contribution in [2.75, 3.05) is 0 Å². The third-order valence-corrected chi connectivity index (χ3v) is 2.23. The molecule has 0 aliphatic rings. The van der Waals surface area contributed by atoms with Crippen LogP contribution in [0.15, 0.2) is 10.3 Å². The van der Waals surface area contributed by atoms with Gasteiger partial charge in [-0.3, -0.25) is 0 Å². The Bertz CT molecular complexity index is 196. The Labute approximate surface area is 85.3 Å². The molecule has 0 saturated carbocycles. The Hall–Kier alpha value is -1.06. The van der Waals surface area contributed by atoms with Crippen LogP contribution < -0.4 is 0 Å². The van der Waals surface area contributed by atoms with E-state index in [0.29, 0.717) is 12.8 Å². The van der Waals surface area contributed by atoms with Crippen molar-refractivity contribution in [2.24, 2.45) is 22.1 Å². The molecule has 0 saturated heterocycles. The van der Waals surface area contributed by atoms with E-state index >= 15 is 0 Å². The van der Waals surface area contributed by atoms with E-state index < -0.39 is 0 Å². The van der Waals surface area contributed by atoms with Gasteiger partial charge in [-0.05, 0) is 24.7 Å². The van der Waals surface area contributed by atoms with Gasteiger partial charge in [0.25, 0.3) is 0 Å². The Morgan fingerprint density at radius 3 is 1.29 bits per heavy atom. The predicted octanol–water partition coefficient (Wildman–Crippen LogP) is 2.74. The van der Waals surface area contributed by atoms with Crippen LogP contribution >= 0.6 is 0 Å². The summed E-state index contributed by atoms with van der Waals surface area (Å²) in [4.78, 5) is 0. The smallest absolute Gasteiger partial charge is 0.0599 e. The molecule has 0 bridgehead atoms. The summed E-state index contributed by atoms with van der Waals surface area (Å²) in [6, 6.07) is 0. The van der Waals surface area contributed by atoms with Gasteiger partial charge in [-0.25, -0.2) is 0 Å². The number of hydrogen-bond donors (Lipinski definition) is 2. The molecule has 0 spiro atoms. The maximum absolute atomic E-state index is 8.71. The van der Waals surface area contributed by atoms with Crippen LogP contribution in [-0.4, -0.2) is 21.8 Å². The third kappa shape index (κ3) is 4.25. The topological polar surface area (TPSA) is 65.2 Å². The van der Waals surface area contributed by atoms with E-state index in [-0.39, 0.29) is 11.8 Å². The molecule has 14 heavy (non-hydrogen) atoms. The second kappa shape index (κ2) is 6.40. The monoisotopic (exact) mass is 200 g/mol. The van der Waals surface area contributed by atoms with Gasteiger partial charge < -0.3 is 10.4 Å². The highest BCUT2D eigenvalue weighted by Gasteiger charge is 2.11. The van der Waals surface area contributed by atoms with Gasteiger partial charge in [0.2, 0.25) is 0 Å². The summed E-state index contributed by atoms with van der Waals surface area (Å²) in [5.74, 6) is 0.458. The molecule has 4 nitrogen and oxygen atoms in total. The highest BCUT2D eigenvalue weighted by molar-refractivity contribution is 5.92. The summed E-state index contributed by atoms with van der Waals surface area (Å²) in [6.45, 7) is 7.89. The Morgan fingerprint density at radius 2 is 1.14 bits per heavy atom. The van der Waals surface area contributed by atoms with E-state index in [4.69, 9.17) is 10.4 Å². The Kier molecular flexibility index (Phi) is 5.92. The van der Waals surface area contributed by atoms with Gasteiger partial charge in [0.1, 0.15) is 0 Å². The molecule has 82 valence electrons. The van der Waals surface area contributed by atoms with Crippen molar-refractivity contribution in [3.05, 3.63) is 0 Å². The summed E-state index contributed by atoms with van der Waals surface area (Å²) in [6.07, 6.45) is 1.29. The van der Waals surface area contributed by atoms with Crippen LogP contribution in [0.1, 0.15) is 40.5 Å². The molecule has 0 fully saturated rings. The first kappa shape index (κ1) is 12.9. The van der Waals surface area contributed by atoms with Crippen molar-refractivity contribution in [1.82, 2.24) is 0 Å². The molecule has 0 aliphatic carbocycles. The molecule has 0 unspecified atom stereocenters. The minimum atomic E-state index is 0.229. The zero-order chi connectivity index (χ0) is 11.1. The molecular formula is C10H20N2O2. The molecule has 0 amide bonds. The lowest BCUT2D eigenvalue weighted by Gasteiger charge is -2.10. The van der Waals surface area contributed by atoms with Crippen LogP contribution in [0.3, 0.4) is 0 Å². The van der Waals surface area contributed by atoms with Gasteiger partial charge in [-0.15, -0.1) is 0 Å². The van der Waals surface area contributed by atoms with Crippen LogP contribution in [0.5, 0.6) is 0 Å². The van der Waals surface area contributed by atoms with E-state index in [1.807, 2.05) is 27.7 Å². The second-order valence-electron chi connectivity index (χ2n) is 3.99. The molecule has 0 radical (unpaired) electrons. The van der Waals surface area contributed by atoms with Crippen LogP contribution in [0.4, 0.5) is 0 Å². The molecule has 0 aromatic heterocycles. The summed E-state index contributed by atoms with van der Waals surface area (Å²) in [5.41, 5.74) is 1.48. The fraction of sp³-hybridized carbons (Fsp3) is 0.800. The van der Waals surface area contributed by atoms with Crippen LogP contribution in [0, 0.1) is 11.8 Å². The molecule has 0 heterocycles. The molecule has 0 aromatic carbocycles. The molecule has 2 N–H and O–H groups in total. The Morgan fingerprint density at radius 1 is 0.857 bits per heavy atom. The van der Waals surface area contributed by atoms with Crippen LogP contribution in [0.2, 0.25) is 0 Å². The lowest BCUT2D eigenvalue weighted by Crippen LogP contribution is -2.13. The van der Waals surface area contributed by atoms with Gasteiger partial charge >= 0.3 is 0 Å². The zero-order valence-electron chi connectivity index (χ0n) is 9.36. The maximum atomic E-state index is 8.71. The lowest BCUT2D eigenvalue weighted by atomic mass is 9.97. The molecule has 4 heteroatoms. The number of nitrogens with zero attached hydrogens (tertiary/aromatic N) is 2. The third-order valence-electron chi connectivity index (χ3n) is 2.23. The van der Waals surface area contributed by atoms with Crippen LogP contribution in [0.25, 0.3) is 0 Å². The van der Waals surface area contributed by atoms with Crippen molar-refractivity contribution in [1.29, 1.82) is 0 Å². The standard InChI is InChI=1S/C10H20N2O2/c1-7(2)9(11-13)5-6-10(12-14)8(3)4/h7-8,13-14H,5-6H2,1-4H3. The first-order valence-electron chi connectivity index (χ1n) is 4.94. The zero-order valence-corrected chi connectivity index (χ0v) is 9.36. The van der Waals surface area contributed by atoms with Crippen molar-refractivity contribution in [2.45, 2.75) is 40.5 Å². The molecular weight excluding hydrogens is 180 g/mol. The first-order valence-corrected chi connectivity index (χ1v) is 4.94. The largest absolute Gasteiger partial charge is 0.411 e. The highest BCUT2D eigenvalue weighted by atomic mass is 16.4. The number of rotatable bonds is 5. The normalized spacial score (nSPS) is 14.1. The fourth-order valence-corrected chi connectivity index (χ4v) is 1.16. The lowest BCUT2D eigenvalue weighted by molar-refractivity contribution is 0.311. The predicted molar refractivity (Wildman–Crippen MR) is 57.4 cm³/mol. The van der Waals surface area contributed by atoms with Crippen molar-refractivity contribution in [3.8, 4) is 0 Å². The summed E-state index contributed by atoms with van der Waals surface area (Å²) >= 11 is 0. The summed E-state index contributed by atoms with van der Waals surface area (Å²) in [5, 5.41) is 23.9. The quantitative estimate of drug-likeness (QED) is 0.407. The van der Waals surface area contributed by atoms with Gasteiger partial charge in [0.15, 0.2) is 0 Å². The minimum Gasteiger partial charge on any atom is -0.411 e. The van der Waals surface area contributed by atoms with Crippen molar-refractivity contribution in [3.63, 3.8) is 0 Å². The Balaban J connectivity index is 4.16. The molecule has 0 rings (SSSR count). The van der Waals surface area contributed by atoms with Crippen molar-refractivity contribution < 1.29 is 10.4 Å². The van der Waals surface area contributed by atoms with E-state index in [2.05, 4.69) is 10.3 Å². The van der Waals surface area contributed by atoms with Gasteiger partial charge in [0, 0.05) is 0 Å². The summed E-state index contributed by atoms with van der Waals surface area (Å²) in [7, 11) is 0. The van der Waals surface area contributed by atoms with Gasteiger partial charge in [-0.2, -0.15) is 0 Å². The average molecular weight is 200 g/mol.